The van der Waals surface area contributed by atoms with E-state index in [4.69, 9.17) is 31.4 Å². The number of halogens is 1. The fourth-order valence-corrected chi connectivity index (χ4v) is 1.71. The van der Waals surface area contributed by atoms with Gasteiger partial charge in [0.1, 0.15) is 0 Å². The zero-order chi connectivity index (χ0) is 29.2. The van der Waals surface area contributed by atoms with Gasteiger partial charge in [-0.25, -0.2) is 0 Å². The minimum Gasteiger partial charge on any atom is -1.00 e. The van der Waals surface area contributed by atoms with Gasteiger partial charge in [0.05, 0.1) is 11.6 Å². The van der Waals surface area contributed by atoms with E-state index in [0.29, 0.717) is 5.56 Å². The van der Waals surface area contributed by atoms with Crippen LogP contribution in [-0.2, 0) is 27.3 Å². The molecule has 0 aliphatic heterocycles. The third-order valence-electron chi connectivity index (χ3n) is 3.04. The van der Waals surface area contributed by atoms with Gasteiger partial charge in [0.25, 0.3) is 0 Å². The van der Waals surface area contributed by atoms with Gasteiger partial charge in [-0.2, -0.15) is 12.2 Å². The van der Waals surface area contributed by atoms with Crippen LogP contribution < -0.4 is 22.7 Å². The van der Waals surface area contributed by atoms with Gasteiger partial charge >= 0.3 is 23.1 Å². The molecule has 0 atom stereocenters. The van der Waals surface area contributed by atoms with Gasteiger partial charge in [0.15, 0.2) is 0 Å². The molecule has 0 spiro atoms. The SMILES string of the molecule is CC(C)O.CC(C)O.CC(C)O.CC(C)O.N#Cc1ccccc1.NC1(c2ccccc2)CC1.[Br-].[CH2-]C.[Mg+2].[Ti]. The van der Waals surface area contributed by atoms with Gasteiger partial charge in [-0.3, -0.25) is 0 Å². The first kappa shape index (κ1) is 54.7. The van der Waals surface area contributed by atoms with E-state index in [1.807, 2.05) is 42.5 Å². The third kappa shape index (κ3) is 58.3. The summed E-state index contributed by atoms with van der Waals surface area (Å²) in [5, 5.41) is 40.5. The standard InChI is InChI=1S/C9H11N.C7H5N.4C3H8O.C2H5.BrH.Mg.Ti/c10-9(6-7-9)8-4-2-1-3-5-8;8-6-7-4-2-1-3-5-7;4*1-3(2)4;1-2;;;/h1-5H,6-7,10H2;1-5H;4*3-4H,1-2H3;1H2,2H3;1H;;/q;;;;;;-1;;+2;/p-1. The second kappa shape index (κ2) is 37.7. The Morgan fingerprint density at radius 3 is 1.10 bits per heavy atom. The number of aliphatic hydroxyl groups is 4. The van der Waals surface area contributed by atoms with Gasteiger partial charge in [-0.1, -0.05) is 48.5 Å². The van der Waals surface area contributed by atoms with Crippen molar-refractivity contribution < 1.29 is 59.1 Å². The van der Waals surface area contributed by atoms with Gasteiger partial charge in [-0.05, 0) is 85.9 Å². The summed E-state index contributed by atoms with van der Waals surface area (Å²) in [7, 11) is 0. The molecule has 2 aromatic carbocycles. The summed E-state index contributed by atoms with van der Waals surface area (Å²) >= 11 is 0. The summed E-state index contributed by atoms with van der Waals surface area (Å²) < 4.78 is 0. The Labute approximate surface area is 281 Å². The predicted octanol–water partition coefficient (Wildman–Crippen LogP) is 2.20. The molecule has 9 heteroatoms. The van der Waals surface area contributed by atoms with E-state index in [-0.39, 0.29) is 91.7 Å². The Morgan fingerprint density at radius 2 is 0.923 bits per heavy atom. The summed E-state index contributed by atoms with van der Waals surface area (Å²) in [6.45, 7) is 18.8. The van der Waals surface area contributed by atoms with E-state index >= 15 is 0 Å². The topological polar surface area (TPSA) is 131 Å². The van der Waals surface area contributed by atoms with E-state index in [9.17, 15) is 0 Å². The first-order chi connectivity index (χ1) is 16.7. The molecule has 0 unspecified atom stereocenters. The molecule has 1 aliphatic rings. The first-order valence-electron chi connectivity index (χ1n) is 12.4. The number of rotatable bonds is 1. The molecule has 6 N–H and O–H groups in total. The quantitative estimate of drug-likeness (QED) is 0.236. The van der Waals surface area contributed by atoms with Gasteiger partial charge in [0, 0.05) is 51.7 Å². The summed E-state index contributed by atoms with van der Waals surface area (Å²) in [5.74, 6) is 0. The summed E-state index contributed by atoms with van der Waals surface area (Å²) in [4.78, 5) is 0. The Hall–Kier alpha value is -0.309. The Kier molecular flexibility index (Phi) is 52.9. The molecular weight excluding hydrogens is 604 g/mol. The molecule has 1 saturated carbocycles. The smallest absolute Gasteiger partial charge is 1.00 e. The fraction of sp³-hybridized carbons (Fsp3) is 0.533. The largest absolute Gasteiger partial charge is 2.00 e. The zero-order valence-corrected chi connectivity index (χ0v) is 30.2. The molecule has 0 bridgehead atoms. The molecule has 0 amide bonds. The molecule has 0 radical (unpaired) electrons. The van der Waals surface area contributed by atoms with Crippen molar-refractivity contribution >= 4 is 23.1 Å². The maximum Gasteiger partial charge on any atom is 2.00 e. The maximum atomic E-state index is 8.29. The van der Waals surface area contributed by atoms with Crippen LogP contribution in [0.4, 0.5) is 0 Å². The molecule has 39 heavy (non-hydrogen) atoms. The molecule has 3 rings (SSSR count). The van der Waals surface area contributed by atoms with Crippen LogP contribution in [0, 0.1) is 18.3 Å². The van der Waals surface area contributed by atoms with Crippen molar-refractivity contribution in [1.82, 2.24) is 0 Å². The van der Waals surface area contributed by atoms with Crippen molar-refractivity contribution in [1.29, 1.82) is 5.26 Å². The van der Waals surface area contributed by atoms with Crippen LogP contribution in [-0.4, -0.2) is 67.9 Å². The molecule has 1 fully saturated rings. The molecule has 0 heterocycles. The number of nitrogens with two attached hydrogens (primary N) is 1. The van der Waals surface area contributed by atoms with Crippen LogP contribution in [0.15, 0.2) is 60.7 Å². The summed E-state index contributed by atoms with van der Waals surface area (Å²) in [5.41, 5.74) is 8.01. The van der Waals surface area contributed by atoms with Crippen molar-refractivity contribution in [2.75, 3.05) is 0 Å². The number of benzene rings is 2. The minimum absolute atomic E-state index is 0. The van der Waals surface area contributed by atoms with Crippen LogP contribution in [0.2, 0.25) is 0 Å². The monoisotopic (exact) mass is 656 g/mol. The summed E-state index contributed by atoms with van der Waals surface area (Å²) in [6, 6.07) is 21.5. The van der Waals surface area contributed by atoms with Crippen molar-refractivity contribution in [2.24, 2.45) is 5.73 Å². The van der Waals surface area contributed by atoms with Crippen LogP contribution in [0.5, 0.6) is 0 Å². The number of hydrogen-bond acceptors (Lipinski definition) is 6. The van der Waals surface area contributed by atoms with Crippen molar-refractivity contribution in [2.45, 2.75) is 105 Å². The number of nitriles is 1. The van der Waals surface area contributed by atoms with Crippen LogP contribution >= 0.6 is 0 Å². The number of hydrogen-bond donors (Lipinski definition) is 5. The molecule has 2 aromatic rings. The van der Waals surface area contributed by atoms with Crippen molar-refractivity contribution in [3.8, 4) is 6.07 Å². The molecule has 0 saturated heterocycles. The van der Waals surface area contributed by atoms with E-state index < -0.39 is 0 Å². The average Bonchev–Trinajstić information content (AvgIpc) is 3.54. The molecule has 1 aliphatic carbocycles. The Morgan fingerprint density at radius 1 is 0.692 bits per heavy atom. The van der Waals surface area contributed by atoms with Crippen molar-refractivity contribution in [3.63, 3.8) is 0 Å². The van der Waals surface area contributed by atoms with E-state index in [0.717, 1.165) is 12.8 Å². The molecule has 6 nitrogen and oxygen atoms in total. The zero-order valence-electron chi connectivity index (χ0n) is 25.6. The Bertz CT molecular complexity index is 694. The van der Waals surface area contributed by atoms with E-state index in [1.54, 1.807) is 74.4 Å². The molecule has 220 valence electrons. The Balaban J connectivity index is -0.0000000645. The first-order valence-corrected chi connectivity index (χ1v) is 12.4. The number of aliphatic hydroxyl groups excluding tert-OH is 4. The van der Waals surface area contributed by atoms with E-state index in [1.165, 1.54) is 5.56 Å². The molecular formula is C30H53BrMgN2O4Ti. The van der Waals surface area contributed by atoms with Crippen LogP contribution in [0.25, 0.3) is 0 Å². The maximum absolute atomic E-state index is 8.29. The fourth-order valence-electron chi connectivity index (χ4n) is 1.71. The van der Waals surface area contributed by atoms with E-state index in [2.05, 4.69) is 19.1 Å². The van der Waals surface area contributed by atoms with Crippen molar-refractivity contribution in [3.05, 3.63) is 78.7 Å². The predicted molar refractivity (Wildman–Crippen MR) is 159 cm³/mol. The average molecular weight is 658 g/mol. The van der Waals surface area contributed by atoms with Crippen LogP contribution in [0.3, 0.4) is 0 Å². The summed E-state index contributed by atoms with van der Waals surface area (Å²) in [6.07, 6.45) is 1.63. The minimum atomic E-state index is -0.167. The van der Waals surface area contributed by atoms with Gasteiger partial charge < -0.3 is 50.1 Å². The second-order valence-electron chi connectivity index (χ2n) is 8.87. The third-order valence-corrected chi connectivity index (χ3v) is 3.04. The second-order valence-corrected chi connectivity index (χ2v) is 8.87. The van der Waals surface area contributed by atoms with Gasteiger partial charge in [0.2, 0.25) is 0 Å². The number of nitrogens with zero attached hydrogens (tertiary/aromatic N) is 1. The molecule has 0 aromatic heterocycles. The van der Waals surface area contributed by atoms with Crippen LogP contribution in [0.1, 0.15) is 86.3 Å². The van der Waals surface area contributed by atoms with Gasteiger partial charge in [-0.15, -0.1) is 0 Å². The normalized spacial score (nSPS) is 10.7.